The van der Waals surface area contributed by atoms with Gasteiger partial charge in [-0.05, 0) is 57.7 Å². The molecule has 3 aromatic carbocycles. The van der Waals surface area contributed by atoms with Gasteiger partial charge in [0.15, 0.2) is 11.5 Å². The molecule has 3 rings (SSSR count). The van der Waals surface area contributed by atoms with Crippen LogP contribution in [0.25, 0.3) is 0 Å². The number of ether oxygens (including phenoxy) is 2. The number of urea groups is 1. The number of nitrogens with zero attached hydrogens (tertiary/aromatic N) is 1. The molecule has 0 bridgehead atoms. The zero-order valence-electron chi connectivity index (χ0n) is 20.1. The Balaban J connectivity index is 1.69. The Morgan fingerprint density at radius 3 is 2.29 bits per heavy atom. The zero-order valence-corrected chi connectivity index (χ0v) is 21.7. The van der Waals surface area contributed by atoms with Crippen molar-refractivity contribution in [3.8, 4) is 11.5 Å². The highest BCUT2D eigenvalue weighted by molar-refractivity contribution is 9.10. The Hall–Kier alpha value is -3.52. The molecule has 3 aromatic rings. The molecule has 7 nitrogen and oxygen atoms in total. The van der Waals surface area contributed by atoms with Gasteiger partial charge >= 0.3 is 6.03 Å². The van der Waals surface area contributed by atoms with Crippen LogP contribution in [0.1, 0.15) is 11.1 Å². The molecule has 0 aliphatic rings. The van der Waals surface area contributed by atoms with Crippen LogP contribution < -0.4 is 20.1 Å². The molecule has 0 radical (unpaired) electrons. The summed E-state index contributed by atoms with van der Waals surface area (Å²) in [5.41, 5.74) is 2.60. The Bertz CT molecular complexity index is 1140. The highest BCUT2D eigenvalue weighted by atomic mass is 79.9. The molecule has 1 unspecified atom stereocenters. The van der Waals surface area contributed by atoms with Crippen LogP contribution in [0.2, 0.25) is 0 Å². The average Bonchev–Trinajstić information content (AvgIpc) is 2.88. The Morgan fingerprint density at radius 1 is 0.914 bits per heavy atom. The summed E-state index contributed by atoms with van der Waals surface area (Å²) in [6.07, 6.45) is 1.01. The van der Waals surface area contributed by atoms with E-state index in [4.69, 9.17) is 9.47 Å². The van der Waals surface area contributed by atoms with Crippen LogP contribution in [-0.4, -0.2) is 50.7 Å². The van der Waals surface area contributed by atoms with Gasteiger partial charge in [0, 0.05) is 24.5 Å². The number of benzene rings is 3. The van der Waals surface area contributed by atoms with E-state index in [1.54, 1.807) is 32.2 Å². The number of methoxy groups -OCH3 is 2. The van der Waals surface area contributed by atoms with Crippen LogP contribution in [0.4, 0.5) is 10.5 Å². The molecule has 1 atom stereocenters. The number of amides is 3. The smallest absolute Gasteiger partial charge is 0.319 e. The van der Waals surface area contributed by atoms with Crippen LogP contribution in [0.3, 0.4) is 0 Å². The quantitative estimate of drug-likeness (QED) is 0.384. The fraction of sp³-hybridized carbons (Fsp3) is 0.259. The fourth-order valence-corrected chi connectivity index (χ4v) is 4.02. The number of halogens is 1. The van der Waals surface area contributed by atoms with Crippen molar-refractivity contribution in [2.24, 2.45) is 0 Å². The number of likely N-dealkylation sites (N-methyl/N-ethyl adjacent to an activating group) is 1. The van der Waals surface area contributed by atoms with Gasteiger partial charge in [-0.25, -0.2) is 4.79 Å². The SMILES string of the molecule is COc1ccc(CCN(C)C(=O)C(Cc2ccccc2)NC(=O)Nc2ccccc2Br)cc1OC. The summed E-state index contributed by atoms with van der Waals surface area (Å²) in [7, 11) is 4.93. The lowest BCUT2D eigenvalue weighted by Gasteiger charge is -2.25. The van der Waals surface area contributed by atoms with E-state index in [1.807, 2.05) is 66.7 Å². The first-order valence-corrected chi connectivity index (χ1v) is 12.0. The highest BCUT2D eigenvalue weighted by Crippen LogP contribution is 2.27. The van der Waals surface area contributed by atoms with Crippen LogP contribution in [0.5, 0.6) is 11.5 Å². The summed E-state index contributed by atoms with van der Waals surface area (Å²) in [6, 6.07) is 21.5. The number of carbonyl (C=O) groups excluding carboxylic acids is 2. The van der Waals surface area contributed by atoms with E-state index in [0.717, 1.165) is 15.6 Å². The second-order valence-corrected chi connectivity index (χ2v) is 8.87. The molecule has 0 saturated heterocycles. The topological polar surface area (TPSA) is 79.9 Å². The molecule has 0 heterocycles. The van der Waals surface area contributed by atoms with Crippen LogP contribution >= 0.6 is 15.9 Å². The van der Waals surface area contributed by atoms with E-state index in [0.29, 0.717) is 36.6 Å². The fourth-order valence-electron chi connectivity index (χ4n) is 3.64. The van der Waals surface area contributed by atoms with Gasteiger partial charge in [-0.15, -0.1) is 0 Å². The van der Waals surface area contributed by atoms with E-state index < -0.39 is 12.1 Å². The number of hydrogen-bond acceptors (Lipinski definition) is 4. The van der Waals surface area contributed by atoms with E-state index in [9.17, 15) is 9.59 Å². The summed E-state index contributed by atoms with van der Waals surface area (Å²) in [6.45, 7) is 0.479. The predicted octanol–water partition coefficient (Wildman–Crippen LogP) is 4.90. The van der Waals surface area contributed by atoms with E-state index in [2.05, 4.69) is 26.6 Å². The minimum Gasteiger partial charge on any atom is -0.493 e. The first kappa shape index (κ1) is 26.1. The third-order valence-corrected chi connectivity index (χ3v) is 6.26. The van der Waals surface area contributed by atoms with E-state index in [-0.39, 0.29) is 5.91 Å². The summed E-state index contributed by atoms with van der Waals surface area (Å²) in [5, 5.41) is 5.66. The van der Waals surface area contributed by atoms with Gasteiger partial charge in [0.1, 0.15) is 6.04 Å². The van der Waals surface area contributed by atoms with Crippen molar-refractivity contribution in [2.75, 3.05) is 33.1 Å². The maximum absolute atomic E-state index is 13.4. The molecule has 8 heteroatoms. The molecule has 0 aromatic heterocycles. The molecule has 184 valence electrons. The Morgan fingerprint density at radius 2 is 1.60 bits per heavy atom. The molecule has 0 spiro atoms. The lowest BCUT2D eigenvalue weighted by atomic mass is 10.0. The Labute approximate surface area is 214 Å². The van der Waals surface area contributed by atoms with Crippen molar-refractivity contribution >= 4 is 33.6 Å². The monoisotopic (exact) mass is 539 g/mol. The van der Waals surface area contributed by atoms with Crippen molar-refractivity contribution in [3.63, 3.8) is 0 Å². The van der Waals surface area contributed by atoms with Crippen molar-refractivity contribution < 1.29 is 19.1 Å². The van der Waals surface area contributed by atoms with E-state index in [1.165, 1.54) is 0 Å². The minimum absolute atomic E-state index is 0.170. The zero-order chi connectivity index (χ0) is 25.2. The van der Waals surface area contributed by atoms with Gasteiger partial charge in [-0.1, -0.05) is 48.5 Å². The van der Waals surface area contributed by atoms with Gasteiger partial charge in [-0.3, -0.25) is 4.79 Å². The third kappa shape index (κ3) is 7.48. The predicted molar refractivity (Wildman–Crippen MR) is 141 cm³/mol. The number of carbonyl (C=O) groups is 2. The van der Waals surface area contributed by atoms with Crippen LogP contribution in [0, 0.1) is 0 Å². The van der Waals surface area contributed by atoms with Crippen molar-refractivity contribution in [1.29, 1.82) is 0 Å². The standard InChI is InChI=1S/C27H30BrN3O4/c1-31(16-15-20-13-14-24(34-2)25(18-20)35-3)26(32)23(17-19-9-5-4-6-10-19)30-27(33)29-22-12-8-7-11-21(22)28/h4-14,18,23H,15-17H2,1-3H3,(H2,29,30,33). The van der Waals surface area contributed by atoms with Gasteiger partial charge < -0.3 is 25.0 Å². The summed E-state index contributed by atoms with van der Waals surface area (Å²) < 4.78 is 11.4. The number of anilines is 1. The number of hydrogen-bond donors (Lipinski definition) is 2. The molecular formula is C27H30BrN3O4. The normalized spacial score (nSPS) is 11.3. The van der Waals surface area contributed by atoms with Crippen LogP contribution in [0.15, 0.2) is 77.3 Å². The molecular weight excluding hydrogens is 510 g/mol. The Kier molecular flexibility index (Phi) is 9.55. The van der Waals surface area contributed by atoms with Gasteiger partial charge in [-0.2, -0.15) is 0 Å². The van der Waals surface area contributed by atoms with E-state index >= 15 is 0 Å². The van der Waals surface area contributed by atoms with Gasteiger partial charge in [0.2, 0.25) is 5.91 Å². The molecule has 0 saturated carbocycles. The van der Waals surface area contributed by atoms with Gasteiger partial charge in [0.25, 0.3) is 0 Å². The number of rotatable bonds is 10. The lowest BCUT2D eigenvalue weighted by molar-refractivity contribution is -0.131. The third-order valence-electron chi connectivity index (χ3n) is 5.57. The minimum atomic E-state index is -0.727. The number of nitrogens with one attached hydrogen (secondary N) is 2. The second kappa shape index (κ2) is 12.8. The molecule has 3 amide bonds. The van der Waals surface area contributed by atoms with Crippen molar-refractivity contribution in [1.82, 2.24) is 10.2 Å². The molecule has 0 fully saturated rings. The second-order valence-electron chi connectivity index (χ2n) is 8.02. The summed E-state index contributed by atoms with van der Waals surface area (Å²) >= 11 is 3.42. The number of para-hydroxylation sites is 1. The van der Waals surface area contributed by atoms with Crippen molar-refractivity contribution in [3.05, 3.63) is 88.4 Å². The van der Waals surface area contributed by atoms with Crippen LogP contribution in [-0.2, 0) is 17.6 Å². The average molecular weight is 540 g/mol. The van der Waals surface area contributed by atoms with Crippen molar-refractivity contribution in [2.45, 2.75) is 18.9 Å². The highest BCUT2D eigenvalue weighted by Gasteiger charge is 2.25. The summed E-state index contributed by atoms with van der Waals surface area (Å²) in [4.78, 5) is 27.8. The summed E-state index contributed by atoms with van der Waals surface area (Å²) in [5.74, 6) is 1.13. The van der Waals surface area contributed by atoms with Gasteiger partial charge in [0.05, 0.1) is 19.9 Å². The molecule has 0 aliphatic heterocycles. The maximum atomic E-state index is 13.4. The maximum Gasteiger partial charge on any atom is 0.319 e. The largest absolute Gasteiger partial charge is 0.493 e. The molecule has 0 aliphatic carbocycles. The molecule has 2 N–H and O–H groups in total. The first-order valence-electron chi connectivity index (χ1n) is 11.2. The molecule has 35 heavy (non-hydrogen) atoms. The lowest BCUT2D eigenvalue weighted by Crippen LogP contribution is -2.50. The first-order chi connectivity index (χ1) is 16.9.